The number of phenolic OH excluding ortho intramolecular Hbond substituents is 1. The molecule has 11 heteroatoms. The van der Waals surface area contributed by atoms with Gasteiger partial charge in [-0.1, -0.05) is 6.07 Å². The van der Waals surface area contributed by atoms with Gasteiger partial charge in [-0.3, -0.25) is 14.2 Å². The van der Waals surface area contributed by atoms with Crippen LogP contribution in [0.4, 0.5) is 11.4 Å². The number of sulfonamides is 2. The fraction of sp³-hybridized carbons (Fsp3) is 0.118. The number of benzene rings is 2. The molecule has 0 saturated heterocycles. The van der Waals surface area contributed by atoms with Gasteiger partial charge in [0.25, 0.3) is 0 Å². The summed E-state index contributed by atoms with van der Waals surface area (Å²) in [5, 5.41) is 9.73. The van der Waals surface area contributed by atoms with Gasteiger partial charge in [-0.15, -0.1) is 0 Å². The van der Waals surface area contributed by atoms with Crippen LogP contribution in [0, 0.1) is 0 Å². The van der Waals surface area contributed by atoms with Gasteiger partial charge in [0.2, 0.25) is 26.0 Å². The first-order valence-corrected chi connectivity index (χ1v) is 11.5. The predicted molar refractivity (Wildman–Crippen MR) is 109 cm³/mol. The molecule has 0 aliphatic heterocycles. The van der Waals surface area contributed by atoms with E-state index in [2.05, 4.69) is 9.44 Å². The number of amides is 1. The average Bonchev–Trinajstić information content (AvgIpc) is 2.49. The lowest BCUT2D eigenvalue weighted by Crippen LogP contribution is -2.12. The number of nitrogens with two attached hydrogens (primary N) is 1. The maximum absolute atomic E-state index is 11.6. The van der Waals surface area contributed by atoms with E-state index in [-0.39, 0.29) is 17.1 Å². The highest BCUT2D eigenvalue weighted by Crippen LogP contribution is 2.33. The summed E-state index contributed by atoms with van der Waals surface area (Å²) in [6.45, 7) is 0. The second-order valence-electron chi connectivity index (χ2n) is 6.05. The SMILES string of the molecule is CS(=O)(=O)Nc1cc(NS(C)(=O)=O)cc(-c2ccc(O)cc2C=CC(N)=O)c1. The summed E-state index contributed by atoms with van der Waals surface area (Å²) < 4.78 is 50.9. The lowest BCUT2D eigenvalue weighted by molar-refractivity contribution is -0.113. The fourth-order valence-corrected chi connectivity index (χ4v) is 3.54. The molecule has 0 aromatic heterocycles. The molecule has 0 bridgehead atoms. The van der Waals surface area contributed by atoms with Crippen LogP contribution in [0.3, 0.4) is 0 Å². The second kappa shape index (κ2) is 7.90. The van der Waals surface area contributed by atoms with Gasteiger partial charge in [0.05, 0.1) is 23.9 Å². The van der Waals surface area contributed by atoms with Gasteiger partial charge in [-0.2, -0.15) is 0 Å². The Kier molecular flexibility index (Phi) is 6.00. The number of nitrogens with one attached hydrogen (secondary N) is 2. The van der Waals surface area contributed by atoms with E-state index in [9.17, 15) is 26.7 Å². The molecule has 28 heavy (non-hydrogen) atoms. The molecule has 2 rings (SSSR count). The molecule has 5 N–H and O–H groups in total. The van der Waals surface area contributed by atoms with Crippen LogP contribution in [0.1, 0.15) is 5.56 Å². The van der Waals surface area contributed by atoms with E-state index in [4.69, 9.17) is 5.73 Å². The van der Waals surface area contributed by atoms with Gasteiger partial charge >= 0.3 is 0 Å². The van der Waals surface area contributed by atoms with Crippen molar-refractivity contribution in [3.05, 3.63) is 48.0 Å². The molecule has 2 aromatic rings. The van der Waals surface area contributed by atoms with Gasteiger partial charge in [0, 0.05) is 6.08 Å². The smallest absolute Gasteiger partial charge is 0.241 e. The van der Waals surface area contributed by atoms with Crippen LogP contribution in [0.25, 0.3) is 17.2 Å². The molecule has 1 amide bonds. The van der Waals surface area contributed by atoms with Crippen molar-refractivity contribution in [1.82, 2.24) is 0 Å². The molecule has 150 valence electrons. The Morgan fingerprint density at radius 1 is 0.964 bits per heavy atom. The zero-order valence-electron chi connectivity index (χ0n) is 15.0. The maximum Gasteiger partial charge on any atom is 0.241 e. The standard InChI is InChI=1S/C17H19N3O6S2/c1-27(23,24)19-13-7-12(8-14(10-13)20-28(2,25)26)16-5-4-15(21)9-11(16)3-6-17(18)22/h3-10,19-21H,1-2H3,(H2,18,22). The number of hydrogen-bond donors (Lipinski definition) is 4. The van der Waals surface area contributed by atoms with Crippen molar-refractivity contribution >= 4 is 43.4 Å². The van der Waals surface area contributed by atoms with Crippen LogP contribution in [0.5, 0.6) is 5.75 Å². The Labute approximate surface area is 163 Å². The molecule has 0 saturated carbocycles. The molecule has 9 nitrogen and oxygen atoms in total. The van der Waals surface area contributed by atoms with Crippen molar-refractivity contribution < 1.29 is 26.7 Å². The molecule has 0 aliphatic rings. The molecular weight excluding hydrogens is 406 g/mol. The average molecular weight is 425 g/mol. The summed E-state index contributed by atoms with van der Waals surface area (Å²) >= 11 is 0. The van der Waals surface area contributed by atoms with E-state index < -0.39 is 26.0 Å². The van der Waals surface area contributed by atoms with Gasteiger partial charge < -0.3 is 10.8 Å². The monoisotopic (exact) mass is 425 g/mol. The number of rotatable bonds is 7. The van der Waals surface area contributed by atoms with E-state index in [1.165, 1.54) is 36.4 Å². The molecular formula is C17H19N3O6S2. The first kappa shape index (κ1) is 21.3. The Hall–Kier alpha value is -3.05. The number of hydrogen-bond acceptors (Lipinski definition) is 6. The molecule has 0 unspecified atom stereocenters. The third-order valence-corrected chi connectivity index (χ3v) is 4.53. The number of aromatic hydroxyl groups is 1. The van der Waals surface area contributed by atoms with Gasteiger partial charge in [-0.25, -0.2) is 16.8 Å². The fourth-order valence-electron chi connectivity index (χ4n) is 2.45. The molecule has 0 heterocycles. The largest absolute Gasteiger partial charge is 0.508 e. The lowest BCUT2D eigenvalue weighted by Gasteiger charge is -2.13. The Morgan fingerprint density at radius 3 is 1.96 bits per heavy atom. The summed E-state index contributed by atoms with van der Waals surface area (Å²) in [7, 11) is -7.23. The number of anilines is 2. The molecule has 0 fully saturated rings. The van der Waals surface area contributed by atoms with E-state index in [0.717, 1.165) is 18.6 Å². The molecule has 0 radical (unpaired) electrons. The van der Waals surface area contributed by atoms with Gasteiger partial charge in [0.1, 0.15) is 5.75 Å². The molecule has 0 spiro atoms. The number of primary amides is 1. The minimum Gasteiger partial charge on any atom is -0.508 e. The number of carbonyl (C=O) groups excluding carboxylic acids is 1. The molecule has 2 aromatic carbocycles. The van der Waals surface area contributed by atoms with Crippen LogP contribution >= 0.6 is 0 Å². The third-order valence-electron chi connectivity index (χ3n) is 3.31. The van der Waals surface area contributed by atoms with Crippen molar-refractivity contribution in [3.63, 3.8) is 0 Å². The van der Waals surface area contributed by atoms with Crippen molar-refractivity contribution in [1.29, 1.82) is 0 Å². The number of phenols is 1. The van der Waals surface area contributed by atoms with Crippen molar-refractivity contribution in [2.75, 3.05) is 22.0 Å². The minimum absolute atomic E-state index is 0.0622. The lowest BCUT2D eigenvalue weighted by atomic mass is 9.98. The van der Waals surface area contributed by atoms with Crippen LogP contribution in [-0.4, -0.2) is 40.4 Å². The van der Waals surface area contributed by atoms with E-state index in [0.29, 0.717) is 16.7 Å². The first-order valence-electron chi connectivity index (χ1n) is 7.74. The Balaban J connectivity index is 2.68. The molecule has 0 atom stereocenters. The highest BCUT2D eigenvalue weighted by atomic mass is 32.2. The highest BCUT2D eigenvalue weighted by molar-refractivity contribution is 7.92. The normalized spacial score (nSPS) is 12.1. The van der Waals surface area contributed by atoms with Crippen LogP contribution in [0.15, 0.2) is 42.5 Å². The van der Waals surface area contributed by atoms with Gasteiger partial charge in [0.15, 0.2) is 0 Å². The minimum atomic E-state index is -3.62. The summed E-state index contributed by atoms with van der Waals surface area (Å²) in [6.07, 6.45) is 4.42. The Bertz CT molecular complexity index is 1100. The zero-order valence-corrected chi connectivity index (χ0v) is 16.6. The number of carbonyl (C=O) groups is 1. The van der Waals surface area contributed by atoms with Crippen molar-refractivity contribution in [3.8, 4) is 16.9 Å². The van der Waals surface area contributed by atoms with Gasteiger partial charge in [-0.05, 0) is 53.1 Å². The summed E-state index contributed by atoms with van der Waals surface area (Å²) in [5.41, 5.74) is 6.73. The predicted octanol–water partition coefficient (Wildman–Crippen LogP) is 1.30. The maximum atomic E-state index is 11.6. The second-order valence-corrected chi connectivity index (χ2v) is 9.55. The van der Waals surface area contributed by atoms with E-state index >= 15 is 0 Å². The van der Waals surface area contributed by atoms with E-state index in [1.54, 1.807) is 6.07 Å². The van der Waals surface area contributed by atoms with Crippen LogP contribution < -0.4 is 15.2 Å². The summed E-state index contributed by atoms with van der Waals surface area (Å²) in [4.78, 5) is 11.0. The van der Waals surface area contributed by atoms with E-state index in [1.807, 2.05) is 0 Å². The van der Waals surface area contributed by atoms with Crippen molar-refractivity contribution in [2.45, 2.75) is 0 Å². The Morgan fingerprint density at radius 2 is 1.50 bits per heavy atom. The first-order chi connectivity index (χ1) is 12.8. The third kappa shape index (κ3) is 6.59. The highest BCUT2D eigenvalue weighted by Gasteiger charge is 2.12. The van der Waals surface area contributed by atoms with Crippen molar-refractivity contribution in [2.24, 2.45) is 5.73 Å². The summed E-state index contributed by atoms with van der Waals surface area (Å²) in [6, 6.07) is 8.63. The zero-order chi connectivity index (χ0) is 21.1. The molecule has 0 aliphatic carbocycles. The van der Waals surface area contributed by atoms with Crippen LogP contribution in [-0.2, 0) is 24.8 Å². The van der Waals surface area contributed by atoms with Crippen LogP contribution in [0.2, 0.25) is 0 Å². The quantitative estimate of drug-likeness (QED) is 0.490. The topological polar surface area (TPSA) is 156 Å². The summed E-state index contributed by atoms with van der Waals surface area (Å²) in [5.74, 6) is -0.756.